The molecule has 1 aromatic heterocycles. The van der Waals surface area contributed by atoms with Gasteiger partial charge in [0.2, 0.25) is 0 Å². The summed E-state index contributed by atoms with van der Waals surface area (Å²) in [5, 5.41) is 4.76. The molecule has 41 heavy (non-hydrogen) atoms. The van der Waals surface area contributed by atoms with Gasteiger partial charge in [0, 0.05) is 22.1 Å². The van der Waals surface area contributed by atoms with E-state index in [4.69, 9.17) is 15.0 Å². The monoisotopic (exact) mass is 525 g/mol. The Morgan fingerprint density at radius 2 is 1.12 bits per heavy atom. The van der Waals surface area contributed by atoms with Crippen LogP contribution in [0.4, 0.5) is 0 Å². The summed E-state index contributed by atoms with van der Waals surface area (Å²) < 4.78 is 0. The maximum atomic E-state index is 5.10. The van der Waals surface area contributed by atoms with Crippen LogP contribution in [0.3, 0.4) is 0 Å². The van der Waals surface area contributed by atoms with Crippen LogP contribution in [-0.4, -0.2) is 15.0 Å². The van der Waals surface area contributed by atoms with Crippen LogP contribution in [-0.2, 0) is 5.41 Å². The Labute approximate surface area is 239 Å². The fourth-order valence-electron chi connectivity index (χ4n) is 6.52. The van der Waals surface area contributed by atoms with Gasteiger partial charge >= 0.3 is 0 Å². The highest BCUT2D eigenvalue weighted by Crippen LogP contribution is 2.51. The molecule has 1 aliphatic rings. The van der Waals surface area contributed by atoms with E-state index >= 15 is 0 Å². The van der Waals surface area contributed by atoms with E-state index in [1.54, 1.807) is 0 Å². The van der Waals surface area contributed by atoms with Crippen molar-refractivity contribution in [1.82, 2.24) is 15.0 Å². The summed E-state index contributed by atoms with van der Waals surface area (Å²) >= 11 is 0. The molecule has 8 rings (SSSR count). The molecule has 0 bridgehead atoms. The molecule has 0 aliphatic heterocycles. The van der Waals surface area contributed by atoms with E-state index < -0.39 is 0 Å². The molecule has 0 unspecified atom stereocenters. The molecule has 0 N–H and O–H groups in total. The molecule has 3 heteroatoms. The standard InChI is InChI=1S/C38H27N3/c1-38(2)33-18-9-8-15-29(33)31-22-21-28-30(34(31)38)16-10-17-32(28)37-40-35(25-12-4-3-5-13-25)39-36(41-37)27-20-19-24-11-6-7-14-26(24)23-27/h3-23H,1-2H3. The van der Waals surface area contributed by atoms with Gasteiger partial charge in [-0.3, -0.25) is 0 Å². The van der Waals surface area contributed by atoms with Crippen LogP contribution in [0.2, 0.25) is 0 Å². The number of benzene rings is 6. The average Bonchev–Trinajstić information content (AvgIpc) is 3.27. The number of fused-ring (bicyclic) bond motifs is 6. The normalized spacial score (nSPS) is 13.3. The van der Waals surface area contributed by atoms with Gasteiger partial charge in [-0.05, 0) is 49.9 Å². The van der Waals surface area contributed by atoms with Crippen molar-refractivity contribution in [3.8, 4) is 45.3 Å². The van der Waals surface area contributed by atoms with Crippen LogP contribution in [0.1, 0.15) is 25.0 Å². The first-order valence-electron chi connectivity index (χ1n) is 14.0. The van der Waals surface area contributed by atoms with Crippen molar-refractivity contribution < 1.29 is 0 Å². The summed E-state index contributed by atoms with van der Waals surface area (Å²) in [4.78, 5) is 15.1. The Bertz CT molecular complexity index is 2130. The lowest BCUT2D eigenvalue weighted by Crippen LogP contribution is -2.15. The van der Waals surface area contributed by atoms with Gasteiger partial charge in [0.05, 0.1) is 0 Å². The van der Waals surface area contributed by atoms with E-state index in [2.05, 4.69) is 123 Å². The third kappa shape index (κ3) is 3.70. The zero-order valence-corrected chi connectivity index (χ0v) is 23.0. The number of nitrogens with zero attached hydrogens (tertiary/aromatic N) is 3. The fraction of sp³-hybridized carbons (Fsp3) is 0.0789. The van der Waals surface area contributed by atoms with Crippen molar-refractivity contribution in [2.24, 2.45) is 0 Å². The van der Waals surface area contributed by atoms with Crippen molar-refractivity contribution in [2.75, 3.05) is 0 Å². The highest BCUT2D eigenvalue weighted by molar-refractivity contribution is 6.03. The minimum Gasteiger partial charge on any atom is -0.208 e. The highest BCUT2D eigenvalue weighted by atomic mass is 15.0. The Hall–Kier alpha value is -5.15. The maximum Gasteiger partial charge on any atom is 0.164 e. The van der Waals surface area contributed by atoms with Gasteiger partial charge in [0.15, 0.2) is 17.5 Å². The van der Waals surface area contributed by atoms with Gasteiger partial charge in [-0.15, -0.1) is 0 Å². The van der Waals surface area contributed by atoms with Crippen molar-refractivity contribution in [3.63, 3.8) is 0 Å². The summed E-state index contributed by atoms with van der Waals surface area (Å²) in [6.07, 6.45) is 0. The summed E-state index contributed by atoms with van der Waals surface area (Å²) in [6, 6.07) is 44.8. The Morgan fingerprint density at radius 1 is 0.439 bits per heavy atom. The molecule has 7 aromatic rings. The molecular weight excluding hydrogens is 498 g/mol. The topological polar surface area (TPSA) is 38.7 Å². The predicted molar refractivity (Wildman–Crippen MR) is 169 cm³/mol. The van der Waals surface area contributed by atoms with Crippen molar-refractivity contribution >= 4 is 21.5 Å². The van der Waals surface area contributed by atoms with Gasteiger partial charge in [0.1, 0.15) is 0 Å². The molecule has 0 atom stereocenters. The van der Waals surface area contributed by atoms with Crippen molar-refractivity contribution in [1.29, 1.82) is 0 Å². The largest absolute Gasteiger partial charge is 0.208 e. The second kappa shape index (κ2) is 8.94. The van der Waals surface area contributed by atoms with Gasteiger partial charge in [-0.2, -0.15) is 0 Å². The first-order chi connectivity index (χ1) is 20.1. The number of rotatable bonds is 3. The number of hydrogen-bond donors (Lipinski definition) is 0. The molecule has 0 amide bonds. The Kier molecular flexibility index (Phi) is 5.17. The van der Waals surface area contributed by atoms with Crippen LogP contribution >= 0.6 is 0 Å². The third-order valence-corrected chi connectivity index (χ3v) is 8.49. The molecular formula is C38H27N3. The van der Waals surface area contributed by atoms with Crippen molar-refractivity contribution in [3.05, 3.63) is 139 Å². The number of aromatic nitrogens is 3. The lowest BCUT2D eigenvalue weighted by atomic mass is 9.80. The lowest BCUT2D eigenvalue weighted by Gasteiger charge is -2.23. The molecule has 6 aromatic carbocycles. The van der Waals surface area contributed by atoms with E-state index in [-0.39, 0.29) is 5.41 Å². The maximum absolute atomic E-state index is 5.10. The van der Waals surface area contributed by atoms with Crippen molar-refractivity contribution in [2.45, 2.75) is 19.3 Å². The molecule has 194 valence electrons. The zero-order chi connectivity index (χ0) is 27.6. The molecule has 1 heterocycles. The van der Waals surface area contributed by atoms with E-state index in [1.807, 2.05) is 18.2 Å². The van der Waals surface area contributed by atoms with E-state index in [1.165, 1.54) is 33.0 Å². The smallest absolute Gasteiger partial charge is 0.164 e. The Balaban J connectivity index is 1.37. The van der Waals surface area contributed by atoms with Gasteiger partial charge in [-0.25, -0.2) is 15.0 Å². The summed E-state index contributed by atoms with van der Waals surface area (Å²) in [6.45, 7) is 4.66. The fourth-order valence-corrected chi connectivity index (χ4v) is 6.52. The summed E-state index contributed by atoms with van der Waals surface area (Å²) in [5.74, 6) is 2.02. The number of hydrogen-bond acceptors (Lipinski definition) is 3. The average molecular weight is 526 g/mol. The van der Waals surface area contributed by atoms with Crippen LogP contribution in [0, 0.1) is 0 Å². The minimum atomic E-state index is -0.103. The van der Waals surface area contributed by atoms with Gasteiger partial charge in [-0.1, -0.05) is 135 Å². The van der Waals surface area contributed by atoms with Crippen LogP contribution in [0.15, 0.2) is 127 Å². The first kappa shape index (κ1) is 23.7. The van der Waals surface area contributed by atoms with Crippen LogP contribution in [0.25, 0.3) is 66.8 Å². The van der Waals surface area contributed by atoms with Gasteiger partial charge < -0.3 is 0 Å². The molecule has 3 nitrogen and oxygen atoms in total. The van der Waals surface area contributed by atoms with E-state index in [0.29, 0.717) is 17.5 Å². The van der Waals surface area contributed by atoms with Crippen LogP contribution in [0.5, 0.6) is 0 Å². The molecule has 0 saturated carbocycles. The minimum absolute atomic E-state index is 0.103. The van der Waals surface area contributed by atoms with Gasteiger partial charge in [0.25, 0.3) is 0 Å². The van der Waals surface area contributed by atoms with Crippen LogP contribution < -0.4 is 0 Å². The Morgan fingerprint density at radius 3 is 1.98 bits per heavy atom. The summed E-state index contributed by atoms with van der Waals surface area (Å²) in [7, 11) is 0. The SMILES string of the molecule is CC1(C)c2ccccc2-c2ccc3c(-c4nc(-c5ccccc5)nc(-c5ccc6ccccc6c5)n4)cccc3c21. The molecule has 0 spiro atoms. The molecule has 0 fully saturated rings. The van der Waals surface area contributed by atoms with E-state index in [9.17, 15) is 0 Å². The zero-order valence-electron chi connectivity index (χ0n) is 23.0. The highest BCUT2D eigenvalue weighted by Gasteiger charge is 2.36. The molecule has 1 aliphatic carbocycles. The quantitative estimate of drug-likeness (QED) is 0.231. The summed E-state index contributed by atoms with van der Waals surface area (Å²) in [5.41, 5.74) is 8.23. The molecule has 0 saturated heterocycles. The predicted octanol–water partition coefficient (Wildman–Crippen LogP) is 9.49. The third-order valence-electron chi connectivity index (χ3n) is 8.49. The lowest BCUT2D eigenvalue weighted by molar-refractivity contribution is 0.666. The van der Waals surface area contributed by atoms with E-state index in [0.717, 1.165) is 27.5 Å². The molecule has 0 radical (unpaired) electrons. The second-order valence-corrected chi connectivity index (χ2v) is 11.3. The first-order valence-corrected chi connectivity index (χ1v) is 14.0. The second-order valence-electron chi connectivity index (χ2n) is 11.3.